The molecule has 2 unspecified atom stereocenters. The Hall–Kier alpha value is -1.52. The van der Waals surface area contributed by atoms with Gasteiger partial charge in [0.05, 0.1) is 0 Å². The van der Waals surface area contributed by atoms with Crippen LogP contribution in [0.2, 0.25) is 0 Å². The van der Waals surface area contributed by atoms with Crippen LogP contribution in [0.4, 0.5) is 0 Å². The van der Waals surface area contributed by atoms with Gasteiger partial charge >= 0.3 is 0 Å². The topological polar surface area (TPSA) is 43.7 Å². The van der Waals surface area contributed by atoms with E-state index in [1.165, 1.54) is 36.8 Å². The minimum absolute atomic E-state index is 0. The lowest BCUT2D eigenvalue weighted by atomic mass is 9.74. The number of benzene rings is 2. The summed E-state index contributed by atoms with van der Waals surface area (Å²) in [6.07, 6.45) is 5.92. The fraction of sp³-hybridized carbons (Fsp3) is 0.429. The van der Waals surface area contributed by atoms with Crippen molar-refractivity contribution in [3.05, 3.63) is 59.7 Å². The molecule has 134 valence electrons. The molecule has 2 aliphatic rings. The SMILES string of the molecule is Br.Oc1ccc(CCN2CCC3(c4cccc(O)c4)CCC2C3)cc1. The average molecular weight is 404 g/mol. The summed E-state index contributed by atoms with van der Waals surface area (Å²) in [5.74, 6) is 0.725. The van der Waals surface area contributed by atoms with Crippen LogP contribution in [0.3, 0.4) is 0 Å². The first-order valence-electron chi connectivity index (χ1n) is 8.96. The van der Waals surface area contributed by atoms with E-state index in [-0.39, 0.29) is 22.4 Å². The number of nitrogens with zero attached hydrogens (tertiary/aromatic N) is 1. The second-order valence-corrected chi connectivity index (χ2v) is 7.43. The zero-order chi connectivity index (χ0) is 16.6. The number of aromatic hydroxyl groups is 2. The van der Waals surface area contributed by atoms with Crippen LogP contribution < -0.4 is 0 Å². The van der Waals surface area contributed by atoms with E-state index in [0.717, 1.165) is 19.5 Å². The number of likely N-dealkylation sites (tertiary alicyclic amines) is 1. The van der Waals surface area contributed by atoms with Gasteiger partial charge in [-0.3, -0.25) is 4.90 Å². The van der Waals surface area contributed by atoms with E-state index < -0.39 is 0 Å². The Morgan fingerprint density at radius 3 is 2.56 bits per heavy atom. The molecule has 2 atom stereocenters. The largest absolute Gasteiger partial charge is 0.508 e. The highest BCUT2D eigenvalue weighted by Crippen LogP contribution is 2.49. The number of rotatable bonds is 4. The summed E-state index contributed by atoms with van der Waals surface area (Å²) in [5, 5.41) is 19.2. The molecule has 2 aromatic rings. The molecule has 2 aromatic carbocycles. The number of fused-ring (bicyclic) bond motifs is 2. The molecule has 0 spiro atoms. The fourth-order valence-corrected chi connectivity index (χ4v) is 4.65. The van der Waals surface area contributed by atoms with Gasteiger partial charge < -0.3 is 10.2 Å². The van der Waals surface area contributed by atoms with E-state index in [2.05, 4.69) is 11.0 Å². The quantitative estimate of drug-likeness (QED) is 0.793. The van der Waals surface area contributed by atoms with Crippen molar-refractivity contribution in [1.82, 2.24) is 4.90 Å². The van der Waals surface area contributed by atoms with E-state index in [9.17, 15) is 10.2 Å². The van der Waals surface area contributed by atoms with Gasteiger partial charge in [-0.25, -0.2) is 0 Å². The molecule has 1 saturated heterocycles. The number of hydrogen-bond acceptors (Lipinski definition) is 3. The number of piperidine rings is 1. The van der Waals surface area contributed by atoms with Crippen LogP contribution in [0, 0.1) is 0 Å². The predicted molar refractivity (Wildman–Crippen MR) is 106 cm³/mol. The van der Waals surface area contributed by atoms with E-state index in [1.807, 2.05) is 24.3 Å². The Kier molecular flexibility index (Phi) is 5.40. The Labute approximate surface area is 160 Å². The minimum atomic E-state index is 0. The summed E-state index contributed by atoms with van der Waals surface area (Å²) in [6.45, 7) is 2.23. The second-order valence-electron chi connectivity index (χ2n) is 7.43. The van der Waals surface area contributed by atoms with Crippen molar-refractivity contribution in [2.45, 2.75) is 43.6 Å². The molecule has 0 aromatic heterocycles. The first-order chi connectivity index (χ1) is 11.6. The summed E-state index contributed by atoms with van der Waals surface area (Å²) in [6, 6.07) is 16.1. The summed E-state index contributed by atoms with van der Waals surface area (Å²) in [7, 11) is 0. The Balaban J connectivity index is 0.00000182. The zero-order valence-corrected chi connectivity index (χ0v) is 16.1. The molecule has 1 saturated carbocycles. The third kappa shape index (κ3) is 3.70. The molecule has 2 bridgehead atoms. The Bertz CT molecular complexity index is 718. The lowest BCUT2D eigenvalue weighted by molar-refractivity contribution is 0.142. The van der Waals surface area contributed by atoms with Crippen LogP contribution >= 0.6 is 17.0 Å². The van der Waals surface area contributed by atoms with E-state index >= 15 is 0 Å². The van der Waals surface area contributed by atoms with Gasteiger partial charge in [-0.1, -0.05) is 24.3 Å². The Morgan fingerprint density at radius 1 is 1.00 bits per heavy atom. The lowest BCUT2D eigenvalue weighted by Gasteiger charge is -2.40. The highest BCUT2D eigenvalue weighted by molar-refractivity contribution is 8.93. The summed E-state index contributed by atoms with van der Waals surface area (Å²) < 4.78 is 0. The zero-order valence-electron chi connectivity index (χ0n) is 14.4. The third-order valence-electron chi connectivity index (χ3n) is 6.06. The van der Waals surface area contributed by atoms with Crippen molar-refractivity contribution in [2.24, 2.45) is 0 Å². The van der Waals surface area contributed by atoms with Crippen molar-refractivity contribution in [3.8, 4) is 11.5 Å². The number of phenols is 2. The maximum Gasteiger partial charge on any atom is 0.115 e. The minimum Gasteiger partial charge on any atom is -0.508 e. The maximum atomic E-state index is 9.82. The molecule has 2 fully saturated rings. The second kappa shape index (κ2) is 7.38. The van der Waals surface area contributed by atoms with Gasteiger partial charge in [-0.05, 0) is 79.5 Å². The summed E-state index contributed by atoms with van der Waals surface area (Å²) in [5.41, 5.74) is 2.89. The van der Waals surface area contributed by atoms with Crippen LogP contribution in [-0.2, 0) is 11.8 Å². The number of phenolic OH excluding ortho intramolecular Hbond substituents is 2. The molecule has 4 rings (SSSR count). The van der Waals surface area contributed by atoms with Gasteiger partial charge in [0.1, 0.15) is 11.5 Å². The molecule has 2 N–H and O–H groups in total. The van der Waals surface area contributed by atoms with Gasteiger partial charge in [0.2, 0.25) is 0 Å². The average Bonchev–Trinajstić information content (AvgIpc) is 2.95. The lowest BCUT2D eigenvalue weighted by Crippen LogP contribution is -2.43. The first-order valence-corrected chi connectivity index (χ1v) is 8.96. The van der Waals surface area contributed by atoms with Crippen molar-refractivity contribution < 1.29 is 10.2 Å². The molecule has 1 aliphatic carbocycles. The van der Waals surface area contributed by atoms with E-state index in [0.29, 0.717) is 17.5 Å². The molecule has 0 radical (unpaired) electrons. The van der Waals surface area contributed by atoms with Gasteiger partial charge in [0.15, 0.2) is 0 Å². The normalized spacial score (nSPS) is 25.5. The molecular weight excluding hydrogens is 378 g/mol. The van der Waals surface area contributed by atoms with Crippen LogP contribution in [0.5, 0.6) is 11.5 Å². The van der Waals surface area contributed by atoms with Gasteiger partial charge in [0, 0.05) is 12.6 Å². The molecular formula is C21H26BrNO2. The molecule has 0 amide bonds. The van der Waals surface area contributed by atoms with Crippen LogP contribution in [0.15, 0.2) is 48.5 Å². The van der Waals surface area contributed by atoms with Crippen molar-refractivity contribution in [1.29, 1.82) is 0 Å². The van der Waals surface area contributed by atoms with E-state index in [1.54, 1.807) is 18.2 Å². The standard InChI is InChI=1S/C21H25NO2.BrH/c23-19-6-4-16(5-7-19)9-12-22-13-11-21(10-8-18(22)15-21)17-2-1-3-20(24)14-17;/h1-7,14,18,23-24H,8-13,15H2;1H. The highest BCUT2D eigenvalue weighted by Gasteiger charge is 2.46. The summed E-state index contributed by atoms with van der Waals surface area (Å²) >= 11 is 0. The summed E-state index contributed by atoms with van der Waals surface area (Å²) in [4.78, 5) is 2.64. The fourth-order valence-electron chi connectivity index (χ4n) is 4.65. The van der Waals surface area contributed by atoms with E-state index in [4.69, 9.17) is 0 Å². The Morgan fingerprint density at radius 2 is 1.80 bits per heavy atom. The molecule has 1 aliphatic heterocycles. The van der Waals surface area contributed by atoms with Crippen molar-refractivity contribution in [2.75, 3.05) is 13.1 Å². The molecule has 25 heavy (non-hydrogen) atoms. The third-order valence-corrected chi connectivity index (χ3v) is 6.06. The molecule has 4 heteroatoms. The molecule has 1 heterocycles. The smallest absolute Gasteiger partial charge is 0.115 e. The maximum absolute atomic E-state index is 9.82. The first kappa shape index (κ1) is 18.3. The van der Waals surface area contributed by atoms with Crippen LogP contribution in [-0.4, -0.2) is 34.2 Å². The number of halogens is 1. The highest BCUT2D eigenvalue weighted by atomic mass is 79.9. The monoisotopic (exact) mass is 403 g/mol. The molecule has 3 nitrogen and oxygen atoms in total. The predicted octanol–water partition coefficient (Wildman–Crippen LogP) is 4.41. The van der Waals surface area contributed by atoms with Crippen LogP contribution in [0.25, 0.3) is 0 Å². The van der Waals surface area contributed by atoms with Crippen molar-refractivity contribution in [3.63, 3.8) is 0 Å². The number of hydrogen-bond donors (Lipinski definition) is 2. The van der Waals surface area contributed by atoms with Gasteiger partial charge in [-0.15, -0.1) is 17.0 Å². The van der Waals surface area contributed by atoms with Crippen LogP contribution in [0.1, 0.15) is 36.8 Å². The van der Waals surface area contributed by atoms with Crippen molar-refractivity contribution >= 4 is 17.0 Å². The van der Waals surface area contributed by atoms with Gasteiger partial charge in [0.25, 0.3) is 0 Å². The van der Waals surface area contributed by atoms with Gasteiger partial charge in [-0.2, -0.15) is 0 Å².